The number of nitrogens with one attached hydrogen (secondary N) is 6. The summed E-state index contributed by atoms with van der Waals surface area (Å²) < 4.78 is 7.88. The zero-order valence-electron chi connectivity index (χ0n) is 39.3. The van der Waals surface area contributed by atoms with Crippen molar-refractivity contribution in [1.82, 2.24) is 56.7 Å². The number of carbonyl (C=O) groups excluding carboxylic acids is 6. The molecule has 0 radical (unpaired) electrons. The van der Waals surface area contributed by atoms with Crippen molar-refractivity contribution in [3.8, 4) is 0 Å². The Balaban J connectivity index is 0.991. The van der Waals surface area contributed by atoms with E-state index in [0.717, 1.165) is 49.7 Å². The number of hydrogen-bond acceptors (Lipinski definition) is 11. The largest absolute Gasteiger partial charge is 0.373 e. The lowest BCUT2D eigenvalue weighted by atomic mass is 9.98. The Morgan fingerprint density at radius 2 is 1.10 bits per heavy atom. The van der Waals surface area contributed by atoms with E-state index in [1.54, 1.807) is 48.6 Å². The van der Waals surface area contributed by atoms with Crippen molar-refractivity contribution < 1.29 is 33.5 Å². The number of carbonyl (C=O) groups is 6. The van der Waals surface area contributed by atoms with Crippen molar-refractivity contribution in [3.05, 3.63) is 83.7 Å². The Morgan fingerprint density at radius 1 is 0.642 bits per heavy atom. The van der Waals surface area contributed by atoms with Crippen LogP contribution in [0, 0.1) is 0 Å². The average molecular weight is 924 g/mol. The minimum Gasteiger partial charge on any atom is -0.373 e. The maximum Gasteiger partial charge on any atom is 0.246 e. The molecule has 6 amide bonds. The molecule has 2 aromatic carbocycles. The van der Waals surface area contributed by atoms with Crippen LogP contribution < -0.4 is 31.9 Å². The zero-order chi connectivity index (χ0) is 47.5. The second-order valence-corrected chi connectivity index (χ2v) is 18.6. The fourth-order valence-corrected chi connectivity index (χ4v) is 10.0. The van der Waals surface area contributed by atoms with E-state index in [-0.39, 0.29) is 67.3 Å². The molecule has 6 N–H and O–H groups in total. The van der Waals surface area contributed by atoms with Crippen molar-refractivity contribution in [2.24, 2.45) is 0 Å². The molecule has 0 bridgehead atoms. The van der Waals surface area contributed by atoms with Crippen molar-refractivity contribution in [3.63, 3.8) is 0 Å². The first-order chi connectivity index (χ1) is 32.4. The van der Waals surface area contributed by atoms with Gasteiger partial charge in [-0.1, -0.05) is 91.6 Å². The standard InChI is InChI=1S/C49H69N11O7/c1-31(50-3)44(61)52-38-21-13-11-19-36-23-25-42(59(36)48(38)65)46(63)54-40(33-15-7-5-8-16-33)28-58-27-35(56-57-58)29-67-30-41(34-17-9-6-10-18-34)55-47(64)43-26-24-37-20-12-14-22-39(49(66)60(37)43)53-45(62)32(2)51-4/h5-10,15-18,27,31-32,36-43,50-51H,11-14,19-26,28-30H2,1-4H3,(H,52,61)(H,53,62)(H,54,63)(H,55,64)/t31-,32-,36-,37-,38-,39-,40+,41+,42-,43-/m0/s1. The molecular formula is C49H69N11O7. The molecular weight excluding hydrogens is 855 g/mol. The van der Waals surface area contributed by atoms with Gasteiger partial charge in [0.25, 0.3) is 0 Å². The molecule has 7 rings (SSSR count). The third-order valence-electron chi connectivity index (χ3n) is 14.1. The van der Waals surface area contributed by atoms with Crippen molar-refractivity contribution in [1.29, 1.82) is 0 Å². The van der Waals surface area contributed by atoms with Gasteiger partial charge in [-0.25, -0.2) is 4.68 Å². The minimum atomic E-state index is -0.698. The normalized spacial score (nSPS) is 25.0. The lowest BCUT2D eigenvalue weighted by molar-refractivity contribution is -0.144. The molecule has 0 saturated carbocycles. The molecule has 10 atom stereocenters. The first-order valence-electron chi connectivity index (χ1n) is 24.2. The van der Waals surface area contributed by atoms with Crippen LogP contribution in [-0.2, 0) is 46.7 Å². The van der Waals surface area contributed by atoms with E-state index >= 15 is 0 Å². The third-order valence-corrected chi connectivity index (χ3v) is 14.1. The Kier molecular flexibility index (Phi) is 17.1. The molecule has 5 heterocycles. The first-order valence-corrected chi connectivity index (χ1v) is 24.2. The lowest BCUT2D eigenvalue weighted by Crippen LogP contribution is -2.58. The number of hydrogen-bond donors (Lipinski definition) is 6. The highest BCUT2D eigenvalue weighted by Gasteiger charge is 2.46. The SMILES string of the molecule is CN[C@@H](C)C(=O)N[C@H]1CCCC[C@H]2CC[C@@H](C(=O)N[C@H](COCc3cn(C[C@@H](NC(=O)[C@@H]4CC[C@@H]5CCCC[C@H](NC(=O)[C@H](C)NC)C(=O)N54)c4ccccc4)nn3)c3ccccc3)N2C1=O. The predicted octanol–water partition coefficient (Wildman–Crippen LogP) is 2.56. The lowest BCUT2D eigenvalue weighted by Gasteiger charge is -2.36. The molecule has 0 unspecified atom stereocenters. The van der Waals surface area contributed by atoms with Gasteiger partial charge in [0.05, 0.1) is 50.1 Å². The summed E-state index contributed by atoms with van der Waals surface area (Å²) in [6.45, 7) is 3.96. The molecule has 67 heavy (non-hydrogen) atoms. The molecule has 0 aliphatic carbocycles. The van der Waals surface area contributed by atoms with Crippen molar-refractivity contribution in [2.45, 2.75) is 164 Å². The highest BCUT2D eigenvalue weighted by molar-refractivity contribution is 5.95. The maximum absolute atomic E-state index is 14.3. The van der Waals surface area contributed by atoms with Crippen LogP contribution in [-0.4, -0.2) is 129 Å². The minimum absolute atomic E-state index is 0.0719. The molecule has 18 nitrogen and oxygen atoms in total. The number of fused-ring (bicyclic) bond motifs is 2. The van der Waals surface area contributed by atoms with Gasteiger partial charge in [0.1, 0.15) is 29.9 Å². The van der Waals surface area contributed by atoms with Crippen molar-refractivity contribution in [2.75, 3.05) is 20.7 Å². The molecule has 0 spiro atoms. The van der Waals surface area contributed by atoms with E-state index in [1.807, 2.05) is 60.7 Å². The van der Waals surface area contributed by atoms with Crippen LogP contribution in [0.2, 0.25) is 0 Å². The first kappa shape index (κ1) is 49.2. The van der Waals surface area contributed by atoms with E-state index in [4.69, 9.17) is 4.74 Å². The van der Waals surface area contributed by atoms with Crippen LogP contribution in [0.15, 0.2) is 66.9 Å². The second kappa shape index (κ2) is 23.3. The van der Waals surface area contributed by atoms with E-state index in [1.165, 1.54) is 0 Å². The Morgan fingerprint density at radius 3 is 1.60 bits per heavy atom. The summed E-state index contributed by atoms with van der Waals surface area (Å²) >= 11 is 0. The van der Waals surface area contributed by atoms with E-state index in [0.29, 0.717) is 44.2 Å². The van der Waals surface area contributed by atoms with Crippen LogP contribution in [0.25, 0.3) is 0 Å². The molecule has 1 aromatic heterocycles. The molecule has 18 heteroatoms. The number of benzene rings is 2. The van der Waals surface area contributed by atoms with Gasteiger partial charge in [-0.3, -0.25) is 28.8 Å². The van der Waals surface area contributed by atoms with Gasteiger partial charge < -0.3 is 46.4 Å². The second-order valence-electron chi connectivity index (χ2n) is 18.6. The number of nitrogens with zero attached hydrogens (tertiary/aromatic N) is 5. The Hall–Kier alpha value is -5.72. The number of rotatable bonds is 18. The fourth-order valence-electron chi connectivity index (χ4n) is 10.0. The summed E-state index contributed by atoms with van der Waals surface area (Å²) in [5.41, 5.74) is 2.25. The van der Waals surface area contributed by atoms with Crippen molar-refractivity contribution >= 4 is 35.4 Å². The number of likely N-dealkylation sites (N-methyl/N-ethyl adjacent to an activating group) is 2. The molecule has 362 valence electrons. The summed E-state index contributed by atoms with van der Waals surface area (Å²) in [5, 5.41) is 26.9. The Bertz CT molecular complexity index is 2160. The third kappa shape index (κ3) is 12.3. The van der Waals surface area contributed by atoms with Gasteiger partial charge in [-0.15, -0.1) is 5.10 Å². The van der Waals surface area contributed by atoms with Gasteiger partial charge in [-0.05, 0) is 90.4 Å². The molecule has 4 aliphatic rings. The van der Waals surface area contributed by atoms with Gasteiger partial charge >= 0.3 is 0 Å². The van der Waals surface area contributed by atoms with Gasteiger partial charge in [0.15, 0.2) is 0 Å². The summed E-state index contributed by atoms with van der Waals surface area (Å²) in [6.07, 6.45) is 10.4. The van der Waals surface area contributed by atoms with Gasteiger partial charge in [-0.2, -0.15) is 0 Å². The predicted molar refractivity (Wildman–Crippen MR) is 249 cm³/mol. The summed E-state index contributed by atoms with van der Waals surface area (Å²) in [4.78, 5) is 85.7. The highest BCUT2D eigenvalue weighted by Crippen LogP contribution is 2.34. The van der Waals surface area contributed by atoms with Crippen LogP contribution >= 0.6 is 0 Å². The molecule has 3 aromatic rings. The van der Waals surface area contributed by atoms with E-state index in [2.05, 4.69) is 42.2 Å². The van der Waals surface area contributed by atoms with Gasteiger partial charge in [0.2, 0.25) is 35.4 Å². The van der Waals surface area contributed by atoms with Crippen LogP contribution in [0.5, 0.6) is 0 Å². The van der Waals surface area contributed by atoms with Gasteiger partial charge in [0, 0.05) is 12.1 Å². The molecule has 4 fully saturated rings. The summed E-state index contributed by atoms with van der Waals surface area (Å²) in [5.74, 6) is -1.45. The number of amides is 6. The zero-order valence-corrected chi connectivity index (χ0v) is 39.3. The number of aromatic nitrogens is 3. The monoisotopic (exact) mass is 924 g/mol. The van der Waals surface area contributed by atoms with E-state index < -0.39 is 48.3 Å². The highest BCUT2D eigenvalue weighted by atomic mass is 16.5. The topological polar surface area (TPSA) is 221 Å². The molecule has 4 saturated heterocycles. The number of ether oxygens (including phenoxy) is 1. The van der Waals surface area contributed by atoms with Crippen LogP contribution in [0.1, 0.15) is 120 Å². The van der Waals surface area contributed by atoms with Crippen LogP contribution in [0.4, 0.5) is 0 Å². The van der Waals surface area contributed by atoms with Crippen LogP contribution in [0.3, 0.4) is 0 Å². The smallest absolute Gasteiger partial charge is 0.246 e. The molecule has 4 aliphatic heterocycles. The van der Waals surface area contributed by atoms with E-state index in [9.17, 15) is 28.8 Å². The maximum atomic E-state index is 14.3. The quantitative estimate of drug-likeness (QED) is 0.109. The Labute approximate surface area is 393 Å². The summed E-state index contributed by atoms with van der Waals surface area (Å²) in [6, 6.07) is 14.3. The average Bonchev–Trinajstić information content (AvgIpc) is 4.10. The fraction of sp³-hybridized carbons (Fsp3) is 0.592. The summed E-state index contributed by atoms with van der Waals surface area (Å²) in [7, 11) is 3.40.